The van der Waals surface area contributed by atoms with Crippen molar-refractivity contribution in [1.29, 1.82) is 0 Å². The maximum atomic E-state index is 5.36. The predicted octanol–water partition coefficient (Wildman–Crippen LogP) is 0.468. The molecule has 1 rings (SSSR count). The smallest absolute Gasteiger partial charge is 0.171 e. The fraction of sp³-hybridized carbons (Fsp3) is 0.875. The van der Waals surface area contributed by atoms with E-state index in [4.69, 9.17) is 4.74 Å². The Kier molecular flexibility index (Phi) is 3.94. The Hall–Kier alpha value is -0.700. The van der Waals surface area contributed by atoms with E-state index in [1.165, 1.54) is 0 Å². The van der Waals surface area contributed by atoms with Gasteiger partial charge in [0.05, 0.1) is 12.6 Å². The lowest BCUT2D eigenvalue weighted by Gasteiger charge is -2.26. The number of hydrogen-bond donors (Lipinski definition) is 0. The monoisotopic (exact) mass is 169 g/mol. The van der Waals surface area contributed by atoms with Crippen molar-refractivity contribution in [1.82, 2.24) is 4.90 Å². The third-order valence-corrected chi connectivity index (χ3v) is 1.68. The second-order valence-corrected chi connectivity index (χ2v) is 2.79. The predicted molar refractivity (Wildman–Crippen MR) is 47.6 cm³/mol. The van der Waals surface area contributed by atoms with Crippen LogP contribution in [0.1, 0.15) is 6.92 Å². The molecule has 0 amide bonds. The van der Waals surface area contributed by atoms with Crippen molar-refractivity contribution in [2.24, 2.45) is 9.98 Å². The summed E-state index contributed by atoms with van der Waals surface area (Å²) in [6, 6.07) is 2.62. The summed E-state index contributed by atoms with van der Waals surface area (Å²) in [6.45, 7) is 5.25. The normalized spacial score (nSPS) is 24.7. The van der Waals surface area contributed by atoms with Crippen LogP contribution in [0.5, 0.6) is 0 Å². The molecule has 1 aliphatic heterocycles. The lowest BCUT2D eigenvalue weighted by molar-refractivity contribution is -0.0135. The molecule has 0 aromatic carbocycles. The Labute approximate surface area is 73.0 Å². The second kappa shape index (κ2) is 5.04. The second-order valence-electron chi connectivity index (χ2n) is 2.79. The molecule has 0 radical (unpaired) electrons. The number of likely N-dealkylation sites (N-methyl/N-ethyl adjacent to an activating group) is 1. The fourth-order valence-electron chi connectivity index (χ4n) is 1.01. The summed E-state index contributed by atoms with van der Waals surface area (Å²) in [4.78, 5) is 10.1. The Morgan fingerprint density at radius 3 is 3.17 bits per heavy atom. The topological polar surface area (TPSA) is 37.2 Å². The van der Waals surface area contributed by atoms with Crippen molar-refractivity contribution in [3.05, 3.63) is 0 Å². The Morgan fingerprint density at radius 1 is 1.67 bits per heavy atom. The van der Waals surface area contributed by atoms with E-state index in [1.807, 2.05) is 6.92 Å². The van der Waals surface area contributed by atoms with Gasteiger partial charge in [-0.3, -0.25) is 4.90 Å². The van der Waals surface area contributed by atoms with Crippen LogP contribution in [0.3, 0.4) is 0 Å². The Balaban J connectivity index is 2.36. The van der Waals surface area contributed by atoms with Crippen LogP contribution in [0, 0.1) is 0 Å². The highest BCUT2D eigenvalue weighted by Gasteiger charge is 2.15. The summed E-state index contributed by atoms with van der Waals surface area (Å²) in [5.41, 5.74) is 0. The summed E-state index contributed by atoms with van der Waals surface area (Å²) in [7, 11) is 2.06. The maximum absolute atomic E-state index is 5.36. The van der Waals surface area contributed by atoms with Crippen molar-refractivity contribution >= 4 is 6.01 Å². The number of ether oxygens (including phenoxy) is 1. The molecule has 1 fully saturated rings. The molecule has 1 aliphatic rings. The van der Waals surface area contributed by atoms with Crippen molar-refractivity contribution in [3.63, 3.8) is 0 Å². The molecule has 0 spiro atoms. The molecule has 12 heavy (non-hydrogen) atoms. The fourth-order valence-corrected chi connectivity index (χ4v) is 1.01. The average Bonchev–Trinajstić information content (AvgIpc) is 2.05. The standard InChI is InChI=1S/C8H15N3O/c1-3-9-7-10-8-6-11(2)4-5-12-8/h8H,3-6H2,1-2H3. The van der Waals surface area contributed by atoms with Gasteiger partial charge in [0.15, 0.2) is 6.23 Å². The van der Waals surface area contributed by atoms with Crippen LogP contribution >= 0.6 is 0 Å². The van der Waals surface area contributed by atoms with Gasteiger partial charge in [-0.25, -0.2) is 4.99 Å². The molecule has 0 N–H and O–H groups in total. The van der Waals surface area contributed by atoms with Gasteiger partial charge < -0.3 is 4.74 Å². The molecular weight excluding hydrogens is 154 g/mol. The number of nitrogens with zero attached hydrogens (tertiary/aromatic N) is 3. The third-order valence-electron chi connectivity index (χ3n) is 1.68. The first-order chi connectivity index (χ1) is 5.83. The van der Waals surface area contributed by atoms with Gasteiger partial charge in [-0.2, -0.15) is 4.99 Å². The highest BCUT2D eigenvalue weighted by Crippen LogP contribution is 2.02. The van der Waals surface area contributed by atoms with Crippen molar-refractivity contribution in [2.45, 2.75) is 13.2 Å². The third kappa shape index (κ3) is 3.13. The van der Waals surface area contributed by atoms with E-state index >= 15 is 0 Å². The van der Waals surface area contributed by atoms with Crippen LogP contribution < -0.4 is 0 Å². The van der Waals surface area contributed by atoms with Gasteiger partial charge in [-0.05, 0) is 14.0 Å². The van der Waals surface area contributed by atoms with E-state index in [1.54, 1.807) is 0 Å². The maximum Gasteiger partial charge on any atom is 0.171 e. The van der Waals surface area contributed by atoms with Crippen molar-refractivity contribution in [2.75, 3.05) is 33.3 Å². The first kappa shape index (κ1) is 9.39. The molecule has 0 aromatic rings. The van der Waals surface area contributed by atoms with Gasteiger partial charge in [0, 0.05) is 19.6 Å². The van der Waals surface area contributed by atoms with E-state index in [-0.39, 0.29) is 6.23 Å². The molecule has 1 heterocycles. The SMILES string of the molecule is CCN=C=NC1CN(C)CCO1. The first-order valence-electron chi connectivity index (χ1n) is 4.24. The zero-order valence-electron chi connectivity index (χ0n) is 7.66. The molecule has 4 nitrogen and oxygen atoms in total. The highest BCUT2D eigenvalue weighted by molar-refractivity contribution is 5.41. The van der Waals surface area contributed by atoms with Gasteiger partial charge >= 0.3 is 0 Å². The van der Waals surface area contributed by atoms with E-state index in [0.717, 1.165) is 26.2 Å². The molecule has 1 atom stereocenters. The van der Waals surface area contributed by atoms with Crippen LogP contribution in [-0.2, 0) is 4.74 Å². The quantitative estimate of drug-likeness (QED) is 0.563. The van der Waals surface area contributed by atoms with E-state index < -0.39 is 0 Å². The van der Waals surface area contributed by atoms with Crippen LogP contribution in [0.4, 0.5) is 0 Å². The average molecular weight is 169 g/mol. The molecule has 0 bridgehead atoms. The number of hydrogen-bond acceptors (Lipinski definition) is 4. The van der Waals surface area contributed by atoms with Crippen molar-refractivity contribution in [3.8, 4) is 0 Å². The lowest BCUT2D eigenvalue weighted by atomic mass is 10.4. The Morgan fingerprint density at radius 2 is 2.50 bits per heavy atom. The summed E-state index contributed by atoms with van der Waals surface area (Å²) in [5, 5.41) is 0. The number of rotatable bonds is 2. The molecule has 4 heteroatoms. The van der Waals surface area contributed by atoms with Crippen LogP contribution in [-0.4, -0.2) is 50.4 Å². The molecule has 1 unspecified atom stereocenters. The van der Waals surface area contributed by atoms with Gasteiger partial charge in [0.25, 0.3) is 0 Å². The summed E-state index contributed by atoms with van der Waals surface area (Å²) in [5.74, 6) is 0. The summed E-state index contributed by atoms with van der Waals surface area (Å²) in [6.07, 6.45) is -0.0703. The van der Waals surface area contributed by atoms with E-state index in [9.17, 15) is 0 Å². The highest BCUT2D eigenvalue weighted by atomic mass is 16.5. The van der Waals surface area contributed by atoms with E-state index in [0.29, 0.717) is 0 Å². The minimum atomic E-state index is -0.0703. The lowest BCUT2D eigenvalue weighted by Crippen LogP contribution is -2.38. The number of morpholine rings is 1. The zero-order chi connectivity index (χ0) is 8.81. The van der Waals surface area contributed by atoms with Crippen LogP contribution in [0.25, 0.3) is 0 Å². The van der Waals surface area contributed by atoms with Gasteiger partial charge in [0.1, 0.15) is 0 Å². The van der Waals surface area contributed by atoms with Crippen molar-refractivity contribution < 1.29 is 4.74 Å². The largest absolute Gasteiger partial charge is 0.353 e. The number of aliphatic imine (C=N–C) groups is 2. The molecule has 68 valence electrons. The molecule has 1 saturated heterocycles. The Bertz CT molecular complexity index is 187. The van der Waals surface area contributed by atoms with E-state index in [2.05, 4.69) is 27.9 Å². The van der Waals surface area contributed by atoms with Gasteiger partial charge in [-0.15, -0.1) is 0 Å². The summed E-state index contributed by atoms with van der Waals surface area (Å²) >= 11 is 0. The van der Waals surface area contributed by atoms with Gasteiger partial charge in [0.2, 0.25) is 0 Å². The molecular formula is C8H15N3O. The van der Waals surface area contributed by atoms with Crippen LogP contribution in [0.15, 0.2) is 9.98 Å². The summed E-state index contributed by atoms with van der Waals surface area (Å²) < 4.78 is 5.36. The minimum absolute atomic E-state index is 0.0703. The molecule has 0 aromatic heterocycles. The first-order valence-corrected chi connectivity index (χ1v) is 4.24. The van der Waals surface area contributed by atoms with Gasteiger partial charge in [-0.1, -0.05) is 0 Å². The molecule has 0 saturated carbocycles. The molecule has 0 aliphatic carbocycles. The van der Waals surface area contributed by atoms with Crippen LogP contribution in [0.2, 0.25) is 0 Å². The minimum Gasteiger partial charge on any atom is -0.353 e. The zero-order valence-corrected chi connectivity index (χ0v) is 7.66.